The topological polar surface area (TPSA) is 41.5 Å². The van der Waals surface area contributed by atoms with E-state index in [2.05, 4.69) is 26.1 Å². The highest BCUT2D eigenvalue weighted by Gasteiger charge is 2.17. The summed E-state index contributed by atoms with van der Waals surface area (Å²) in [6, 6.07) is 5.67. The molecule has 0 bridgehead atoms. The zero-order valence-electron chi connectivity index (χ0n) is 12.4. The van der Waals surface area contributed by atoms with E-state index < -0.39 is 5.60 Å². The van der Waals surface area contributed by atoms with Crippen LogP contribution in [0, 0.1) is 0 Å². The van der Waals surface area contributed by atoms with Gasteiger partial charge in [-0.25, -0.2) is 0 Å². The van der Waals surface area contributed by atoms with Crippen molar-refractivity contribution in [2.75, 3.05) is 6.61 Å². The van der Waals surface area contributed by atoms with Crippen molar-refractivity contribution in [1.29, 1.82) is 0 Å². The smallest absolute Gasteiger partial charge is 0.142 e. The summed E-state index contributed by atoms with van der Waals surface area (Å²) >= 11 is 6.17. The minimum absolute atomic E-state index is 0.0236. The van der Waals surface area contributed by atoms with Gasteiger partial charge in [0, 0.05) is 17.6 Å². The van der Waals surface area contributed by atoms with E-state index in [0.29, 0.717) is 17.3 Å². The van der Waals surface area contributed by atoms with E-state index >= 15 is 0 Å². The zero-order chi connectivity index (χ0) is 14.7. The Morgan fingerprint density at radius 3 is 2.37 bits per heavy atom. The average molecular weight is 286 g/mol. The van der Waals surface area contributed by atoms with Crippen LogP contribution >= 0.6 is 11.6 Å². The van der Waals surface area contributed by atoms with E-state index in [1.165, 1.54) is 0 Å². The van der Waals surface area contributed by atoms with Crippen LogP contribution < -0.4 is 10.1 Å². The van der Waals surface area contributed by atoms with Crippen LogP contribution in [0.4, 0.5) is 0 Å². The summed E-state index contributed by atoms with van der Waals surface area (Å²) in [5.74, 6) is 0.642. The summed E-state index contributed by atoms with van der Waals surface area (Å²) in [5, 5.41) is 13.7. The van der Waals surface area contributed by atoms with Crippen LogP contribution in [0.15, 0.2) is 18.2 Å². The first-order valence-electron chi connectivity index (χ1n) is 6.46. The third-order valence-corrected chi connectivity index (χ3v) is 2.73. The number of hydrogen-bond acceptors (Lipinski definition) is 3. The minimum atomic E-state index is -0.881. The molecular formula is C15H24ClNO2. The summed E-state index contributed by atoms with van der Waals surface area (Å²) < 4.78 is 5.68. The Hall–Kier alpha value is -0.770. The van der Waals surface area contributed by atoms with Crippen molar-refractivity contribution >= 4 is 11.6 Å². The summed E-state index contributed by atoms with van der Waals surface area (Å²) in [5.41, 5.74) is 0.135. The molecule has 0 heterocycles. The number of hydrogen-bond donors (Lipinski definition) is 2. The molecule has 0 saturated carbocycles. The zero-order valence-corrected chi connectivity index (χ0v) is 13.1. The second-order valence-corrected chi connectivity index (χ2v) is 6.84. The second kappa shape index (κ2) is 6.12. The molecule has 0 fully saturated rings. The van der Waals surface area contributed by atoms with Crippen molar-refractivity contribution in [3.05, 3.63) is 28.8 Å². The quantitative estimate of drug-likeness (QED) is 0.871. The van der Waals surface area contributed by atoms with Gasteiger partial charge >= 0.3 is 0 Å². The van der Waals surface area contributed by atoms with Gasteiger partial charge in [0.05, 0.1) is 10.6 Å². The van der Waals surface area contributed by atoms with E-state index in [1.54, 1.807) is 19.9 Å². The van der Waals surface area contributed by atoms with Crippen LogP contribution in [0.1, 0.15) is 40.2 Å². The number of benzene rings is 1. The first kappa shape index (κ1) is 16.3. The molecule has 0 aliphatic carbocycles. The van der Waals surface area contributed by atoms with E-state index in [4.69, 9.17) is 16.3 Å². The fourth-order valence-electron chi connectivity index (χ4n) is 1.46. The van der Waals surface area contributed by atoms with Gasteiger partial charge in [0.15, 0.2) is 0 Å². The van der Waals surface area contributed by atoms with Crippen molar-refractivity contribution in [1.82, 2.24) is 5.32 Å². The fraction of sp³-hybridized carbons (Fsp3) is 0.600. The van der Waals surface area contributed by atoms with Crippen LogP contribution in [-0.4, -0.2) is 22.9 Å². The van der Waals surface area contributed by atoms with Crippen LogP contribution in [0.5, 0.6) is 5.75 Å². The lowest BCUT2D eigenvalue weighted by Crippen LogP contribution is -2.35. The van der Waals surface area contributed by atoms with Gasteiger partial charge in [-0.05, 0) is 40.7 Å². The standard InChI is InChI=1S/C15H24ClNO2/c1-14(2,3)17-9-11-7-6-8-12(16)13(11)19-10-15(4,5)18/h6-8,17-18H,9-10H2,1-5H3. The van der Waals surface area contributed by atoms with Gasteiger partial charge in [0.25, 0.3) is 0 Å². The molecule has 0 amide bonds. The molecule has 19 heavy (non-hydrogen) atoms. The van der Waals surface area contributed by atoms with Gasteiger partial charge in [-0.2, -0.15) is 0 Å². The maximum absolute atomic E-state index is 9.74. The maximum Gasteiger partial charge on any atom is 0.142 e. The first-order valence-corrected chi connectivity index (χ1v) is 6.84. The van der Waals surface area contributed by atoms with Crippen molar-refractivity contribution < 1.29 is 9.84 Å². The molecular weight excluding hydrogens is 262 g/mol. The van der Waals surface area contributed by atoms with Crippen molar-refractivity contribution in [3.63, 3.8) is 0 Å². The number of ether oxygens (including phenoxy) is 1. The molecule has 0 aliphatic heterocycles. The SMILES string of the molecule is CC(C)(O)COc1c(Cl)cccc1CNC(C)(C)C. The number of halogens is 1. The lowest BCUT2D eigenvalue weighted by molar-refractivity contribution is 0.0281. The lowest BCUT2D eigenvalue weighted by atomic mass is 10.1. The summed E-state index contributed by atoms with van der Waals surface area (Å²) in [6.45, 7) is 10.6. The highest BCUT2D eigenvalue weighted by molar-refractivity contribution is 6.32. The van der Waals surface area contributed by atoms with E-state index in [9.17, 15) is 5.11 Å². The molecule has 0 aliphatic rings. The normalized spacial score (nSPS) is 12.6. The second-order valence-electron chi connectivity index (χ2n) is 6.43. The van der Waals surface area contributed by atoms with E-state index in [1.807, 2.05) is 12.1 Å². The Morgan fingerprint density at radius 1 is 1.21 bits per heavy atom. The molecule has 0 saturated heterocycles. The van der Waals surface area contributed by atoms with Crippen LogP contribution in [-0.2, 0) is 6.54 Å². The van der Waals surface area contributed by atoms with Gasteiger partial charge in [-0.1, -0.05) is 23.7 Å². The third-order valence-electron chi connectivity index (χ3n) is 2.43. The fourth-order valence-corrected chi connectivity index (χ4v) is 1.71. The van der Waals surface area contributed by atoms with E-state index in [0.717, 1.165) is 5.56 Å². The van der Waals surface area contributed by atoms with Gasteiger partial charge in [0.2, 0.25) is 0 Å². The molecule has 3 nitrogen and oxygen atoms in total. The van der Waals surface area contributed by atoms with E-state index in [-0.39, 0.29) is 12.1 Å². The van der Waals surface area contributed by atoms with Gasteiger partial charge < -0.3 is 15.2 Å². The van der Waals surface area contributed by atoms with Crippen molar-refractivity contribution in [3.8, 4) is 5.75 Å². The summed E-state index contributed by atoms with van der Waals surface area (Å²) in [7, 11) is 0. The van der Waals surface area contributed by atoms with Crippen molar-refractivity contribution in [2.45, 2.75) is 52.3 Å². The van der Waals surface area contributed by atoms with Gasteiger partial charge in [-0.15, -0.1) is 0 Å². The molecule has 0 atom stereocenters. The average Bonchev–Trinajstić information content (AvgIpc) is 2.22. The molecule has 1 rings (SSSR count). The molecule has 1 aromatic rings. The number of nitrogens with one attached hydrogen (secondary N) is 1. The highest BCUT2D eigenvalue weighted by Crippen LogP contribution is 2.29. The predicted molar refractivity (Wildman–Crippen MR) is 79.8 cm³/mol. The Labute approximate surface area is 120 Å². The molecule has 0 unspecified atom stereocenters. The number of para-hydroxylation sites is 1. The number of aliphatic hydroxyl groups is 1. The molecule has 1 aromatic carbocycles. The maximum atomic E-state index is 9.74. The molecule has 108 valence electrons. The van der Waals surface area contributed by atoms with Gasteiger partial charge in [-0.3, -0.25) is 0 Å². The third kappa shape index (κ3) is 6.28. The Morgan fingerprint density at radius 2 is 1.84 bits per heavy atom. The summed E-state index contributed by atoms with van der Waals surface area (Å²) in [6.07, 6.45) is 0. The van der Waals surface area contributed by atoms with Crippen molar-refractivity contribution in [2.24, 2.45) is 0 Å². The molecule has 0 radical (unpaired) electrons. The highest BCUT2D eigenvalue weighted by atomic mass is 35.5. The number of rotatable bonds is 5. The van der Waals surface area contributed by atoms with Crippen LogP contribution in [0.25, 0.3) is 0 Å². The minimum Gasteiger partial charge on any atom is -0.489 e. The summed E-state index contributed by atoms with van der Waals surface area (Å²) in [4.78, 5) is 0. The predicted octanol–water partition coefficient (Wildman–Crippen LogP) is 3.38. The van der Waals surface area contributed by atoms with Gasteiger partial charge in [0.1, 0.15) is 12.4 Å². The Kier molecular flexibility index (Phi) is 5.25. The molecule has 0 aromatic heterocycles. The Bertz CT molecular complexity index is 419. The largest absolute Gasteiger partial charge is 0.489 e. The van der Waals surface area contributed by atoms with Crippen LogP contribution in [0.3, 0.4) is 0 Å². The first-order chi connectivity index (χ1) is 8.58. The molecule has 2 N–H and O–H groups in total. The monoisotopic (exact) mass is 285 g/mol. The van der Waals surface area contributed by atoms with Crippen LogP contribution in [0.2, 0.25) is 5.02 Å². The molecule has 0 spiro atoms. The lowest BCUT2D eigenvalue weighted by Gasteiger charge is -2.23. The molecule has 4 heteroatoms. The Balaban J connectivity index is 2.83.